The van der Waals surface area contributed by atoms with E-state index in [0.29, 0.717) is 32.3 Å². The highest BCUT2D eigenvalue weighted by atomic mass is 16.7. The van der Waals surface area contributed by atoms with Gasteiger partial charge in [-0.2, -0.15) is 0 Å². The van der Waals surface area contributed by atoms with Crippen molar-refractivity contribution in [3.8, 4) is 0 Å². The van der Waals surface area contributed by atoms with Gasteiger partial charge in [0.15, 0.2) is 18.4 Å². The molecule has 14 atom stereocenters. The molecular weight excluding hydrogens is 528 g/mol. The molecule has 0 radical (unpaired) electrons. The van der Waals surface area contributed by atoms with Crippen molar-refractivity contribution < 1.29 is 58.7 Å². The Morgan fingerprint density at radius 2 is 1.60 bits per heavy atom. The summed E-state index contributed by atoms with van der Waals surface area (Å²) in [5.41, 5.74) is 0. The molecule has 5 N–H and O–H groups in total. The van der Waals surface area contributed by atoms with Crippen molar-refractivity contribution in [1.82, 2.24) is 0 Å². The number of aliphatic hydroxyl groups excluding tert-OH is 5. The molecule has 40 heavy (non-hydrogen) atoms. The summed E-state index contributed by atoms with van der Waals surface area (Å²) in [4.78, 5) is 12.6. The van der Waals surface area contributed by atoms with E-state index in [-0.39, 0.29) is 11.7 Å². The fourth-order valence-electron chi connectivity index (χ4n) is 6.30. The SMILES string of the molecule is CCC(=O)C1CCCCOC2C(OC3CCCC(CC)C3OC3OC(C)C(O)C(O)C3O)OC(CO)C(O)C2O1. The van der Waals surface area contributed by atoms with E-state index in [2.05, 4.69) is 0 Å². The third kappa shape index (κ3) is 7.05. The lowest BCUT2D eigenvalue weighted by molar-refractivity contribution is -0.352. The summed E-state index contributed by atoms with van der Waals surface area (Å²) < 4.78 is 36.9. The summed E-state index contributed by atoms with van der Waals surface area (Å²) in [6.07, 6.45) is -7.57. The van der Waals surface area contributed by atoms with Crippen LogP contribution in [0.5, 0.6) is 0 Å². The van der Waals surface area contributed by atoms with Gasteiger partial charge >= 0.3 is 0 Å². The van der Waals surface area contributed by atoms with Gasteiger partial charge in [-0.15, -0.1) is 0 Å². The maximum atomic E-state index is 12.6. The maximum Gasteiger partial charge on any atom is 0.187 e. The van der Waals surface area contributed by atoms with Crippen molar-refractivity contribution in [3.63, 3.8) is 0 Å². The minimum atomic E-state index is -1.45. The second-order valence-electron chi connectivity index (χ2n) is 11.5. The third-order valence-corrected chi connectivity index (χ3v) is 8.83. The van der Waals surface area contributed by atoms with Crippen LogP contribution in [0.3, 0.4) is 0 Å². The topological polar surface area (TPSA) is 174 Å². The molecule has 4 fully saturated rings. The highest BCUT2D eigenvalue weighted by Gasteiger charge is 2.51. The van der Waals surface area contributed by atoms with Crippen LogP contribution >= 0.6 is 0 Å². The first-order valence-corrected chi connectivity index (χ1v) is 14.9. The van der Waals surface area contributed by atoms with E-state index >= 15 is 0 Å². The van der Waals surface area contributed by atoms with Crippen LogP contribution in [0, 0.1) is 5.92 Å². The smallest absolute Gasteiger partial charge is 0.187 e. The van der Waals surface area contributed by atoms with Crippen molar-refractivity contribution in [2.75, 3.05) is 13.2 Å². The van der Waals surface area contributed by atoms with Crippen LogP contribution in [-0.4, -0.2) is 124 Å². The van der Waals surface area contributed by atoms with E-state index < -0.39 is 86.3 Å². The van der Waals surface area contributed by atoms with Gasteiger partial charge < -0.3 is 54.0 Å². The van der Waals surface area contributed by atoms with Crippen molar-refractivity contribution in [2.24, 2.45) is 5.92 Å². The third-order valence-electron chi connectivity index (χ3n) is 8.83. The Kier molecular flexibility index (Phi) is 11.7. The molecule has 1 aliphatic carbocycles. The second kappa shape index (κ2) is 14.6. The zero-order valence-corrected chi connectivity index (χ0v) is 23.7. The first-order valence-electron chi connectivity index (χ1n) is 14.9. The zero-order chi connectivity index (χ0) is 29.0. The fraction of sp³-hybridized carbons (Fsp3) is 0.964. The molecule has 4 rings (SSSR count). The number of carbonyl (C=O) groups excluding carboxylic acids is 1. The van der Waals surface area contributed by atoms with Crippen LogP contribution < -0.4 is 0 Å². The van der Waals surface area contributed by atoms with Crippen LogP contribution in [0.15, 0.2) is 0 Å². The van der Waals surface area contributed by atoms with Crippen LogP contribution in [0.2, 0.25) is 0 Å². The maximum absolute atomic E-state index is 12.6. The van der Waals surface area contributed by atoms with E-state index in [1.54, 1.807) is 13.8 Å². The van der Waals surface area contributed by atoms with E-state index in [0.717, 1.165) is 25.7 Å². The second-order valence-corrected chi connectivity index (χ2v) is 11.5. The molecule has 0 spiro atoms. The fourth-order valence-corrected chi connectivity index (χ4v) is 6.30. The molecule has 0 amide bonds. The molecule has 0 aromatic rings. The lowest BCUT2D eigenvalue weighted by atomic mass is 9.82. The molecule has 0 aromatic heterocycles. The number of hydrogen-bond donors (Lipinski definition) is 5. The van der Waals surface area contributed by atoms with Gasteiger partial charge in [0, 0.05) is 13.0 Å². The van der Waals surface area contributed by atoms with Crippen LogP contribution in [0.4, 0.5) is 0 Å². The number of rotatable bonds is 8. The molecule has 3 heterocycles. The Hall–Kier alpha value is -0.770. The van der Waals surface area contributed by atoms with E-state index in [9.17, 15) is 30.3 Å². The average Bonchev–Trinajstić information content (AvgIpc) is 3.07. The number of ether oxygens (including phenoxy) is 6. The number of hydrogen-bond acceptors (Lipinski definition) is 12. The summed E-state index contributed by atoms with van der Waals surface area (Å²) in [5, 5.41) is 52.1. The molecule has 232 valence electrons. The Morgan fingerprint density at radius 1 is 0.825 bits per heavy atom. The minimum absolute atomic E-state index is 0.0525. The highest BCUT2D eigenvalue weighted by Crippen LogP contribution is 2.37. The van der Waals surface area contributed by atoms with Gasteiger partial charge in [-0.1, -0.05) is 26.7 Å². The Morgan fingerprint density at radius 3 is 2.30 bits per heavy atom. The number of carbonyl (C=O) groups is 1. The van der Waals surface area contributed by atoms with Gasteiger partial charge in [-0.25, -0.2) is 0 Å². The monoisotopic (exact) mass is 576 g/mol. The molecule has 14 unspecified atom stereocenters. The number of Topliss-reactive ketones (excluding diaryl/α,β-unsaturated/α-hetero) is 1. The van der Waals surface area contributed by atoms with E-state index in [1.165, 1.54) is 0 Å². The standard InChI is InChI=1S/C28H48O12/c1-4-15-9-8-11-18(24(15)40-27-23(34)22(33)20(31)14(3)36-27)38-28-26-25(21(32)19(13-29)39-28)37-17(16(30)5-2)10-6-7-12-35-26/h14-15,17-29,31-34H,4-13H2,1-3H3. The highest BCUT2D eigenvalue weighted by molar-refractivity contribution is 5.82. The first-order chi connectivity index (χ1) is 19.2. The van der Waals surface area contributed by atoms with Crippen LogP contribution in [0.1, 0.15) is 72.1 Å². The van der Waals surface area contributed by atoms with Gasteiger partial charge in [0.2, 0.25) is 0 Å². The van der Waals surface area contributed by atoms with Crippen molar-refractivity contribution in [2.45, 2.75) is 152 Å². The summed E-state index contributed by atoms with van der Waals surface area (Å²) >= 11 is 0. The van der Waals surface area contributed by atoms with Gasteiger partial charge in [0.25, 0.3) is 0 Å². The Balaban J connectivity index is 1.56. The number of aliphatic hydroxyl groups is 5. The molecule has 4 aliphatic rings. The van der Waals surface area contributed by atoms with Gasteiger partial charge in [-0.05, 0) is 44.9 Å². The predicted molar refractivity (Wildman–Crippen MR) is 139 cm³/mol. The number of fused-ring (bicyclic) bond motifs is 1. The minimum Gasteiger partial charge on any atom is -0.394 e. The van der Waals surface area contributed by atoms with Crippen molar-refractivity contribution >= 4 is 5.78 Å². The van der Waals surface area contributed by atoms with Crippen LogP contribution in [0.25, 0.3) is 0 Å². The van der Waals surface area contributed by atoms with Gasteiger partial charge in [0.1, 0.15) is 48.8 Å². The average molecular weight is 577 g/mol. The van der Waals surface area contributed by atoms with Crippen LogP contribution in [-0.2, 0) is 33.2 Å². The molecule has 0 aromatic carbocycles. The van der Waals surface area contributed by atoms with Crippen molar-refractivity contribution in [3.05, 3.63) is 0 Å². The summed E-state index contributed by atoms with van der Waals surface area (Å²) in [6, 6.07) is 0. The number of ketones is 1. The largest absolute Gasteiger partial charge is 0.394 e. The lowest BCUT2D eigenvalue weighted by Crippen LogP contribution is -2.63. The summed E-state index contributed by atoms with van der Waals surface area (Å²) in [6.45, 7) is 5.29. The van der Waals surface area contributed by atoms with E-state index in [4.69, 9.17) is 28.4 Å². The van der Waals surface area contributed by atoms with E-state index in [1.807, 2.05) is 6.92 Å². The lowest BCUT2D eigenvalue weighted by Gasteiger charge is -2.48. The molecule has 12 nitrogen and oxygen atoms in total. The summed E-state index contributed by atoms with van der Waals surface area (Å²) in [7, 11) is 0. The molecule has 0 bridgehead atoms. The molecule has 12 heteroatoms. The molecular formula is C28H48O12. The Bertz CT molecular complexity index is 799. The predicted octanol–water partition coefficient (Wildman–Crippen LogP) is 0.175. The summed E-state index contributed by atoms with van der Waals surface area (Å²) in [5.74, 6) is -0.00631. The van der Waals surface area contributed by atoms with Gasteiger partial charge in [0.05, 0.1) is 24.9 Å². The molecule has 1 saturated carbocycles. The molecule has 3 saturated heterocycles. The zero-order valence-electron chi connectivity index (χ0n) is 23.7. The quantitative estimate of drug-likeness (QED) is 0.266. The normalized spacial score (nSPS) is 47.0. The van der Waals surface area contributed by atoms with Gasteiger partial charge in [-0.3, -0.25) is 4.79 Å². The van der Waals surface area contributed by atoms with Crippen molar-refractivity contribution in [1.29, 1.82) is 0 Å². The first kappa shape index (κ1) is 32.2. The Labute approximate surface area is 235 Å². The molecule has 3 aliphatic heterocycles.